The fraction of sp³-hybridized carbons (Fsp3) is 0.450. The van der Waals surface area contributed by atoms with E-state index in [4.69, 9.17) is 4.74 Å². The summed E-state index contributed by atoms with van der Waals surface area (Å²) in [7, 11) is 0. The molecule has 4 aliphatic carbocycles. The summed E-state index contributed by atoms with van der Waals surface area (Å²) in [5, 5.41) is 15.0. The van der Waals surface area contributed by atoms with Gasteiger partial charge in [-0.25, -0.2) is 0 Å². The summed E-state index contributed by atoms with van der Waals surface area (Å²) in [5.74, 6) is 1.13. The Morgan fingerprint density at radius 1 is 1.19 bits per heavy atom. The molecule has 6 rings (SSSR count). The summed E-state index contributed by atoms with van der Waals surface area (Å²) in [5.41, 5.74) is 0.658. The molecule has 0 spiro atoms. The Bertz CT molecular complexity index is 825. The molecule has 1 N–H and O–H groups in total. The van der Waals surface area contributed by atoms with Gasteiger partial charge >= 0.3 is 0 Å². The van der Waals surface area contributed by atoms with Crippen molar-refractivity contribution < 1.29 is 19.4 Å². The topological polar surface area (TPSA) is 79.2 Å². The highest BCUT2D eigenvalue weighted by Gasteiger charge is 2.67. The van der Waals surface area contributed by atoms with Gasteiger partial charge in [-0.2, -0.15) is 10.1 Å². The zero-order valence-corrected chi connectivity index (χ0v) is 14.4. The summed E-state index contributed by atoms with van der Waals surface area (Å²) in [6.45, 7) is 2.26. The predicted octanol–water partition coefficient (Wildman–Crippen LogP) is 2.18. The van der Waals surface area contributed by atoms with Crippen molar-refractivity contribution >= 4 is 18.0 Å². The van der Waals surface area contributed by atoms with Crippen LogP contribution < -0.4 is 4.74 Å². The smallest absolute Gasteiger partial charge is 0.254 e. The average Bonchev–Trinajstić information content (AvgIpc) is 3.42. The minimum atomic E-state index is -0.239. The second kappa shape index (κ2) is 5.43. The van der Waals surface area contributed by atoms with Gasteiger partial charge in [0.2, 0.25) is 0 Å². The minimum absolute atomic E-state index is 0.0465. The molecular weight excluding hydrogens is 332 g/mol. The van der Waals surface area contributed by atoms with Crippen LogP contribution in [0.1, 0.15) is 18.9 Å². The Hall–Kier alpha value is -2.63. The van der Waals surface area contributed by atoms with Gasteiger partial charge in [-0.3, -0.25) is 9.59 Å². The van der Waals surface area contributed by atoms with Crippen LogP contribution in [0.4, 0.5) is 0 Å². The molecule has 3 fully saturated rings. The second-order valence-electron chi connectivity index (χ2n) is 7.55. The van der Waals surface area contributed by atoms with Crippen molar-refractivity contribution in [3.63, 3.8) is 0 Å². The van der Waals surface area contributed by atoms with Crippen LogP contribution in [-0.4, -0.2) is 34.8 Å². The molecule has 5 aliphatic rings. The first-order valence-corrected chi connectivity index (χ1v) is 9.16. The molecule has 1 aromatic rings. The van der Waals surface area contributed by atoms with Gasteiger partial charge in [0.25, 0.3) is 11.8 Å². The molecule has 2 bridgehead atoms. The standard InChI is InChI=1S/C20H20N2O4/c1-2-26-16-7-10(3-6-15(16)23)9-21-22-19(24)17-11-4-5-12(14-8-13(11)14)18(17)20(22)25/h3-7,9,11-14,17-18,23H,2,8H2,1H3/b21-9-/t11-,12-,13-,14+,17-,18-/m1/s1. The van der Waals surface area contributed by atoms with Gasteiger partial charge in [-0.1, -0.05) is 12.2 Å². The first-order valence-electron chi connectivity index (χ1n) is 9.16. The fourth-order valence-corrected chi connectivity index (χ4v) is 5.06. The number of phenolic OH excluding ortho intramolecular Hbond substituents is 1. The maximum Gasteiger partial charge on any atom is 0.254 e. The third-order valence-electron chi connectivity index (χ3n) is 6.25. The van der Waals surface area contributed by atoms with E-state index in [0.717, 1.165) is 11.4 Å². The van der Waals surface area contributed by atoms with Crippen molar-refractivity contribution in [1.29, 1.82) is 0 Å². The number of aromatic hydroxyl groups is 1. The van der Waals surface area contributed by atoms with Crippen LogP contribution in [0.25, 0.3) is 0 Å². The summed E-state index contributed by atoms with van der Waals surface area (Å²) < 4.78 is 5.35. The highest BCUT2D eigenvalue weighted by atomic mass is 16.5. The Kier molecular flexibility index (Phi) is 3.26. The number of allylic oxidation sites excluding steroid dienone is 2. The van der Waals surface area contributed by atoms with Gasteiger partial charge in [0.15, 0.2) is 11.5 Å². The molecule has 26 heavy (non-hydrogen) atoms. The van der Waals surface area contributed by atoms with E-state index in [1.54, 1.807) is 12.1 Å². The Morgan fingerprint density at radius 2 is 1.85 bits per heavy atom. The fourth-order valence-electron chi connectivity index (χ4n) is 5.06. The molecule has 2 saturated carbocycles. The van der Waals surface area contributed by atoms with E-state index in [0.29, 0.717) is 29.8 Å². The predicted molar refractivity (Wildman–Crippen MR) is 93.4 cm³/mol. The van der Waals surface area contributed by atoms with Gasteiger partial charge < -0.3 is 9.84 Å². The van der Waals surface area contributed by atoms with E-state index >= 15 is 0 Å². The Labute approximate surface area is 151 Å². The third kappa shape index (κ3) is 2.08. The van der Waals surface area contributed by atoms with Gasteiger partial charge in [0.05, 0.1) is 24.7 Å². The average molecular weight is 352 g/mol. The normalized spacial score (nSPS) is 36.6. The molecule has 2 amide bonds. The van der Waals surface area contributed by atoms with E-state index < -0.39 is 0 Å². The minimum Gasteiger partial charge on any atom is -0.504 e. The molecule has 0 unspecified atom stereocenters. The molecule has 0 radical (unpaired) electrons. The van der Waals surface area contributed by atoms with E-state index in [9.17, 15) is 14.7 Å². The van der Waals surface area contributed by atoms with Crippen molar-refractivity contribution in [2.24, 2.45) is 40.6 Å². The van der Waals surface area contributed by atoms with Crippen molar-refractivity contribution in [1.82, 2.24) is 5.01 Å². The van der Waals surface area contributed by atoms with E-state index in [2.05, 4.69) is 17.3 Å². The van der Waals surface area contributed by atoms with Crippen LogP contribution in [0.3, 0.4) is 0 Å². The molecule has 1 aromatic carbocycles. The number of phenols is 1. The number of hydrazone groups is 1. The lowest BCUT2D eigenvalue weighted by Gasteiger charge is -2.37. The lowest BCUT2D eigenvalue weighted by atomic mass is 9.63. The van der Waals surface area contributed by atoms with Crippen molar-refractivity contribution in [2.75, 3.05) is 6.61 Å². The number of rotatable bonds is 4. The lowest BCUT2D eigenvalue weighted by Crippen LogP contribution is -2.40. The van der Waals surface area contributed by atoms with Crippen LogP contribution in [0, 0.1) is 35.5 Å². The molecule has 0 aromatic heterocycles. The van der Waals surface area contributed by atoms with Crippen molar-refractivity contribution in [3.05, 3.63) is 35.9 Å². The number of imide groups is 1. The molecule has 134 valence electrons. The maximum atomic E-state index is 12.8. The number of ether oxygens (including phenoxy) is 1. The second-order valence-corrected chi connectivity index (χ2v) is 7.55. The van der Waals surface area contributed by atoms with Gasteiger partial charge in [-0.05, 0) is 60.8 Å². The van der Waals surface area contributed by atoms with Crippen LogP contribution >= 0.6 is 0 Å². The first-order chi connectivity index (χ1) is 12.6. The van der Waals surface area contributed by atoms with Crippen molar-refractivity contribution in [2.45, 2.75) is 13.3 Å². The third-order valence-corrected chi connectivity index (χ3v) is 6.25. The van der Waals surface area contributed by atoms with Crippen LogP contribution in [-0.2, 0) is 9.59 Å². The SMILES string of the molecule is CCOc1cc(/C=N\N2C(=O)[C@@H]3[C@@H]4C=C[C@H]([C@@H]5C[C@H]45)[C@H]3C2=O)ccc1O. The summed E-state index contributed by atoms with van der Waals surface area (Å²) in [4.78, 5) is 25.7. The number of carbonyl (C=O) groups is 2. The van der Waals surface area contributed by atoms with Crippen LogP contribution in [0.2, 0.25) is 0 Å². The van der Waals surface area contributed by atoms with Crippen LogP contribution in [0.5, 0.6) is 11.5 Å². The highest BCUT2D eigenvalue weighted by molar-refractivity contribution is 6.06. The van der Waals surface area contributed by atoms with Crippen molar-refractivity contribution in [3.8, 4) is 11.5 Å². The summed E-state index contributed by atoms with van der Waals surface area (Å²) >= 11 is 0. The Morgan fingerprint density at radius 3 is 2.46 bits per heavy atom. The number of amides is 2. The Balaban J connectivity index is 1.40. The molecule has 6 atom stereocenters. The quantitative estimate of drug-likeness (QED) is 0.512. The van der Waals surface area contributed by atoms with Gasteiger partial charge in [0.1, 0.15) is 0 Å². The zero-order chi connectivity index (χ0) is 18.0. The largest absolute Gasteiger partial charge is 0.504 e. The van der Waals surface area contributed by atoms with E-state index in [-0.39, 0.29) is 41.2 Å². The number of carbonyl (C=O) groups excluding carboxylic acids is 2. The molecule has 6 heteroatoms. The molecule has 1 saturated heterocycles. The number of hydrogen-bond acceptors (Lipinski definition) is 5. The zero-order valence-electron chi connectivity index (χ0n) is 14.4. The highest BCUT2D eigenvalue weighted by Crippen LogP contribution is 2.65. The molecule has 1 aliphatic heterocycles. The van der Waals surface area contributed by atoms with E-state index in [1.807, 2.05) is 6.92 Å². The molecular formula is C20H20N2O4. The molecule has 1 heterocycles. The van der Waals surface area contributed by atoms with Gasteiger partial charge in [0, 0.05) is 0 Å². The number of hydrogen-bond donors (Lipinski definition) is 1. The molecule has 6 nitrogen and oxygen atoms in total. The number of benzene rings is 1. The first kappa shape index (κ1) is 15.6. The monoisotopic (exact) mass is 352 g/mol. The van der Waals surface area contributed by atoms with Crippen LogP contribution in [0.15, 0.2) is 35.5 Å². The summed E-state index contributed by atoms with van der Waals surface area (Å²) in [6, 6.07) is 4.82. The lowest BCUT2D eigenvalue weighted by molar-refractivity contribution is -0.140. The van der Waals surface area contributed by atoms with Gasteiger partial charge in [-0.15, -0.1) is 0 Å². The van der Waals surface area contributed by atoms with E-state index in [1.165, 1.54) is 12.3 Å². The summed E-state index contributed by atoms with van der Waals surface area (Å²) in [6.07, 6.45) is 6.91. The maximum absolute atomic E-state index is 12.8. The number of nitrogens with zero attached hydrogens (tertiary/aromatic N) is 2.